The Bertz CT molecular complexity index is 3550. The van der Waals surface area contributed by atoms with E-state index >= 15 is 0 Å². The van der Waals surface area contributed by atoms with Gasteiger partial charge in [-0.1, -0.05) is 140 Å². The van der Waals surface area contributed by atoms with Crippen molar-refractivity contribution >= 4 is 60.1 Å². The number of nitrogens with zero attached hydrogens (tertiary/aromatic N) is 4. The Balaban J connectivity index is 1.14. The third-order valence-corrected chi connectivity index (χ3v) is 11.9. The molecule has 3 heterocycles. The Hall–Kier alpha value is -7.89. The van der Waals surface area contributed by atoms with Gasteiger partial charge in [0.15, 0.2) is 17.5 Å². The van der Waals surface area contributed by atoms with Crippen LogP contribution in [0.3, 0.4) is 0 Å². The first kappa shape index (κ1) is 34.2. The number of aromatic nitrogens is 4. The Labute approximate surface area is 346 Å². The van der Waals surface area contributed by atoms with Gasteiger partial charge in [-0.15, -0.1) is 0 Å². The molecule has 0 fully saturated rings. The molecule has 3 aromatic heterocycles. The highest BCUT2D eigenvalue weighted by molar-refractivity contribution is 6.13. The second-order valence-corrected chi connectivity index (χ2v) is 15.5. The fourth-order valence-corrected chi connectivity index (χ4v) is 9.15. The summed E-state index contributed by atoms with van der Waals surface area (Å²) in [5.41, 5.74) is 12.5. The van der Waals surface area contributed by atoms with Crippen LogP contribution < -0.4 is 0 Å². The van der Waals surface area contributed by atoms with Gasteiger partial charge < -0.3 is 8.98 Å². The largest absolute Gasteiger partial charge is 0.456 e. The van der Waals surface area contributed by atoms with Crippen molar-refractivity contribution in [1.82, 2.24) is 19.5 Å². The summed E-state index contributed by atoms with van der Waals surface area (Å²) >= 11 is 0. The van der Waals surface area contributed by atoms with Crippen LogP contribution >= 0.6 is 0 Å². The van der Waals surface area contributed by atoms with Gasteiger partial charge >= 0.3 is 0 Å². The number of rotatable bonds is 6. The van der Waals surface area contributed by atoms with Crippen molar-refractivity contribution < 1.29 is 4.42 Å². The lowest BCUT2D eigenvalue weighted by atomic mass is 9.93. The first-order chi connectivity index (χ1) is 29.7. The zero-order valence-electron chi connectivity index (χ0n) is 32.6. The molecular weight excluding hydrogens is 733 g/mol. The maximum absolute atomic E-state index is 6.24. The molecule has 5 nitrogen and oxygen atoms in total. The van der Waals surface area contributed by atoms with Crippen LogP contribution in [0.25, 0.3) is 111 Å². The molecule has 0 unspecified atom stereocenters. The molecule has 0 atom stereocenters. The van der Waals surface area contributed by atoms with Crippen molar-refractivity contribution in [2.45, 2.75) is 12.8 Å². The average Bonchev–Trinajstić information content (AvgIpc) is 3.87. The molecule has 11 aromatic rings. The van der Waals surface area contributed by atoms with Crippen molar-refractivity contribution in [3.05, 3.63) is 200 Å². The van der Waals surface area contributed by atoms with Crippen molar-refractivity contribution in [2.75, 3.05) is 0 Å². The van der Waals surface area contributed by atoms with Gasteiger partial charge in [-0.05, 0) is 100 Å². The van der Waals surface area contributed by atoms with Gasteiger partial charge in [-0.3, -0.25) is 0 Å². The van der Waals surface area contributed by atoms with Gasteiger partial charge in [-0.25, -0.2) is 15.0 Å². The molecule has 0 saturated carbocycles. The summed E-state index contributed by atoms with van der Waals surface area (Å²) in [6, 6.07) is 62.0. The van der Waals surface area contributed by atoms with Crippen LogP contribution in [-0.2, 0) is 0 Å². The lowest BCUT2D eigenvalue weighted by Gasteiger charge is -2.16. The van der Waals surface area contributed by atoms with E-state index in [-0.39, 0.29) is 0 Å². The van der Waals surface area contributed by atoms with Gasteiger partial charge in [-0.2, -0.15) is 0 Å². The van der Waals surface area contributed by atoms with E-state index in [2.05, 4.69) is 187 Å². The first-order valence-corrected chi connectivity index (χ1v) is 20.5. The van der Waals surface area contributed by atoms with Crippen molar-refractivity contribution in [1.29, 1.82) is 0 Å². The topological polar surface area (TPSA) is 56.7 Å². The van der Waals surface area contributed by atoms with E-state index in [1.165, 1.54) is 11.0 Å². The highest BCUT2D eigenvalue weighted by Gasteiger charge is 2.22. The average molecular weight is 769 g/mol. The fraction of sp³-hybridized carbons (Fsp3) is 0.0364. The molecule has 12 rings (SSSR count). The normalized spacial score (nSPS) is 12.9. The molecular formula is C55H36N4O. The van der Waals surface area contributed by atoms with Gasteiger partial charge in [0.2, 0.25) is 0 Å². The SMILES string of the molecule is C1=CCCC(c2ccccc2-c2nc(-c3cc(-c4ccc5oc6ccccc6c5c4)c4ccccc4c3)nc(-c3cccc4c5ccccc5n(-c5ccccc5)c34)n2)=C1. The summed E-state index contributed by atoms with van der Waals surface area (Å²) < 4.78 is 8.58. The third-order valence-electron chi connectivity index (χ3n) is 11.9. The van der Waals surface area contributed by atoms with E-state index in [1.807, 2.05) is 12.1 Å². The second-order valence-electron chi connectivity index (χ2n) is 15.5. The molecule has 1 aliphatic carbocycles. The minimum absolute atomic E-state index is 0.614. The summed E-state index contributed by atoms with van der Waals surface area (Å²) in [7, 11) is 0. The zero-order chi connectivity index (χ0) is 39.6. The molecule has 0 radical (unpaired) electrons. The lowest BCUT2D eigenvalue weighted by molar-refractivity contribution is 0.669. The maximum Gasteiger partial charge on any atom is 0.166 e. The van der Waals surface area contributed by atoms with E-state index in [0.717, 1.165) is 101 Å². The monoisotopic (exact) mass is 768 g/mol. The van der Waals surface area contributed by atoms with Crippen LogP contribution in [0, 0.1) is 0 Å². The Morgan fingerprint density at radius 1 is 0.450 bits per heavy atom. The maximum atomic E-state index is 6.24. The summed E-state index contributed by atoms with van der Waals surface area (Å²) in [5, 5.41) is 6.78. The number of allylic oxidation sites excluding steroid dienone is 4. The van der Waals surface area contributed by atoms with Crippen molar-refractivity contribution in [3.63, 3.8) is 0 Å². The van der Waals surface area contributed by atoms with E-state index in [9.17, 15) is 0 Å². The third kappa shape index (κ3) is 5.58. The van der Waals surface area contributed by atoms with E-state index in [0.29, 0.717) is 17.5 Å². The van der Waals surface area contributed by atoms with Gasteiger partial charge in [0.1, 0.15) is 11.2 Å². The zero-order valence-corrected chi connectivity index (χ0v) is 32.6. The second kappa shape index (κ2) is 13.9. The number of fused-ring (bicyclic) bond motifs is 7. The highest BCUT2D eigenvalue weighted by atomic mass is 16.3. The number of para-hydroxylation sites is 4. The van der Waals surface area contributed by atoms with Crippen LogP contribution in [-0.4, -0.2) is 19.5 Å². The van der Waals surface area contributed by atoms with Gasteiger partial charge in [0.05, 0.1) is 11.0 Å². The molecule has 282 valence electrons. The molecule has 0 spiro atoms. The highest BCUT2D eigenvalue weighted by Crippen LogP contribution is 2.41. The summed E-state index contributed by atoms with van der Waals surface area (Å²) in [5.74, 6) is 1.87. The molecule has 8 aromatic carbocycles. The number of furan rings is 1. The first-order valence-electron chi connectivity index (χ1n) is 20.5. The predicted molar refractivity (Wildman–Crippen MR) is 247 cm³/mol. The molecule has 0 aliphatic heterocycles. The number of hydrogen-bond acceptors (Lipinski definition) is 4. The number of hydrogen-bond donors (Lipinski definition) is 0. The van der Waals surface area contributed by atoms with E-state index in [4.69, 9.17) is 19.4 Å². The van der Waals surface area contributed by atoms with E-state index in [1.54, 1.807) is 0 Å². The molecule has 5 heteroatoms. The summed E-state index contributed by atoms with van der Waals surface area (Å²) in [6.07, 6.45) is 8.56. The predicted octanol–water partition coefficient (Wildman–Crippen LogP) is 14.4. The summed E-state index contributed by atoms with van der Waals surface area (Å²) in [6.45, 7) is 0. The van der Waals surface area contributed by atoms with Crippen LogP contribution in [0.15, 0.2) is 199 Å². The Morgan fingerprint density at radius 2 is 1.13 bits per heavy atom. The van der Waals surface area contributed by atoms with Crippen LogP contribution in [0.1, 0.15) is 18.4 Å². The minimum Gasteiger partial charge on any atom is -0.456 e. The lowest BCUT2D eigenvalue weighted by Crippen LogP contribution is -2.03. The van der Waals surface area contributed by atoms with E-state index < -0.39 is 0 Å². The Kier molecular flexibility index (Phi) is 7.91. The Morgan fingerprint density at radius 3 is 2.00 bits per heavy atom. The molecule has 0 amide bonds. The quantitative estimate of drug-likeness (QED) is 0.169. The van der Waals surface area contributed by atoms with Crippen LogP contribution in [0.2, 0.25) is 0 Å². The van der Waals surface area contributed by atoms with Gasteiger partial charge in [0, 0.05) is 43.9 Å². The molecule has 1 aliphatic rings. The molecule has 0 bridgehead atoms. The molecule has 60 heavy (non-hydrogen) atoms. The van der Waals surface area contributed by atoms with Crippen molar-refractivity contribution in [3.8, 4) is 51.0 Å². The van der Waals surface area contributed by atoms with Crippen LogP contribution in [0.5, 0.6) is 0 Å². The smallest absolute Gasteiger partial charge is 0.166 e. The minimum atomic E-state index is 0.614. The number of benzene rings is 8. The standard InChI is InChI=1S/C55H36N4O/c1-3-16-35(17-4-1)40-21-9-10-25-45(40)54-56-53(57-55(58-54)46-27-15-26-44-42-23-11-13-28-49(42)59(52(44)46)39-19-5-2-6-20-39)38-32-36-18-7-8-22-41(36)47(34-38)37-30-31-51-48(33-37)43-24-12-14-29-50(43)60-51/h1-3,5-16,18-34H,4,17H2. The van der Waals surface area contributed by atoms with Crippen molar-refractivity contribution in [2.24, 2.45) is 0 Å². The van der Waals surface area contributed by atoms with Crippen LogP contribution in [0.4, 0.5) is 0 Å². The summed E-state index contributed by atoms with van der Waals surface area (Å²) in [4.78, 5) is 16.3. The molecule has 0 N–H and O–H groups in total. The van der Waals surface area contributed by atoms with Gasteiger partial charge in [0.25, 0.3) is 0 Å². The fourth-order valence-electron chi connectivity index (χ4n) is 9.15. The molecule has 0 saturated heterocycles.